The molecule has 1 aliphatic rings. The van der Waals surface area contributed by atoms with Gasteiger partial charge < -0.3 is 10.6 Å². The number of rotatable bonds is 2. The van der Waals surface area contributed by atoms with E-state index < -0.39 is 0 Å². The van der Waals surface area contributed by atoms with Crippen LogP contribution in [0.25, 0.3) is 0 Å². The Labute approximate surface area is 82.5 Å². The fourth-order valence-electron chi connectivity index (χ4n) is 2.83. The summed E-state index contributed by atoms with van der Waals surface area (Å²) in [5.74, 6) is 1.62. The van der Waals surface area contributed by atoms with Crippen LogP contribution in [-0.2, 0) is 0 Å². The molecule has 0 aliphatic heterocycles. The second kappa shape index (κ2) is 3.97. The van der Waals surface area contributed by atoms with Gasteiger partial charge in [-0.3, -0.25) is 0 Å². The minimum absolute atomic E-state index is 0.270. The maximum Gasteiger partial charge on any atom is 0.0351 e. The lowest BCUT2D eigenvalue weighted by molar-refractivity contribution is 0.0365. The van der Waals surface area contributed by atoms with Crippen molar-refractivity contribution in [2.75, 3.05) is 20.6 Å². The normalized spacial score (nSPS) is 41.1. The van der Waals surface area contributed by atoms with Crippen LogP contribution >= 0.6 is 0 Å². The van der Waals surface area contributed by atoms with Crippen molar-refractivity contribution >= 4 is 0 Å². The largest absolute Gasteiger partial charge is 0.329 e. The molecule has 3 atom stereocenters. The zero-order valence-electron chi connectivity index (χ0n) is 9.51. The third-order valence-corrected chi connectivity index (χ3v) is 3.99. The van der Waals surface area contributed by atoms with Crippen LogP contribution in [0.1, 0.15) is 33.1 Å². The maximum atomic E-state index is 5.93. The molecule has 2 heteroatoms. The van der Waals surface area contributed by atoms with E-state index in [9.17, 15) is 0 Å². The van der Waals surface area contributed by atoms with Gasteiger partial charge in [0.1, 0.15) is 0 Å². The Morgan fingerprint density at radius 2 is 2.00 bits per heavy atom. The van der Waals surface area contributed by atoms with Crippen molar-refractivity contribution in [2.45, 2.75) is 38.6 Å². The summed E-state index contributed by atoms with van der Waals surface area (Å²) in [6.07, 6.45) is 3.92. The summed E-state index contributed by atoms with van der Waals surface area (Å²) < 4.78 is 0. The highest BCUT2D eigenvalue weighted by Gasteiger charge is 2.40. The standard InChI is InChI=1S/C11H24N2/c1-9-5-6-11(8-12,13(3)4)10(2)7-9/h9-10H,5-8,12H2,1-4H3. The number of nitrogens with zero attached hydrogens (tertiary/aromatic N) is 1. The second-order valence-corrected chi connectivity index (χ2v) is 4.98. The van der Waals surface area contributed by atoms with E-state index in [2.05, 4.69) is 32.8 Å². The molecule has 3 unspecified atom stereocenters. The molecular weight excluding hydrogens is 160 g/mol. The Morgan fingerprint density at radius 1 is 1.38 bits per heavy atom. The molecule has 0 saturated heterocycles. The SMILES string of the molecule is CC1CCC(CN)(N(C)C)C(C)C1. The zero-order chi connectivity index (χ0) is 10.1. The second-order valence-electron chi connectivity index (χ2n) is 4.98. The van der Waals surface area contributed by atoms with E-state index in [1.54, 1.807) is 0 Å². The summed E-state index contributed by atoms with van der Waals surface area (Å²) in [4.78, 5) is 2.34. The molecule has 0 radical (unpaired) electrons. The highest BCUT2D eigenvalue weighted by Crippen LogP contribution is 2.38. The van der Waals surface area contributed by atoms with Crippen LogP contribution < -0.4 is 5.73 Å². The third-order valence-electron chi connectivity index (χ3n) is 3.99. The van der Waals surface area contributed by atoms with Crippen LogP contribution in [0.2, 0.25) is 0 Å². The van der Waals surface area contributed by atoms with Crippen molar-refractivity contribution < 1.29 is 0 Å². The van der Waals surface area contributed by atoms with E-state index in [0.29, 0.717) is 0 Å². The van der Waals surface area contributed by atoms with E-state index in [-0.39, 0.29) is 5.54 Å². The van der Waals surface area contributed by atoms with Gasteiger partial charge >= 0.3 is 0 Å². The maximum absolute atomic E-state index is 5.93. The lowest BCUT2D eigenvalue weighted by Gasteiger charge is -2.48. The van der Waals surface area contributed by atoms with Gasteiger partial charge in [-0.15, -0.1) is 0 Å². The summed E-state index contributed by atoms with van der Waals surface area (Å²) in [6.45, 7) is 5.50. The first-order chi connectivity index (χ1) is 6.03. The summed E-state index contributed by atoms with van der Waals surface area (Å²) in [5.41, 5.74) is 6.20. The van der Waals surface area contributed by atoms with Crippen LogP contribution in [0.5, 0.6) is 0 Å². The first kappa shape index (κ1) is 11.0. The Bertz CT molecular complexity index is 167. The van der Waals surface area contributed by atoms with Crippen molar-refractivity contribution in [3.8, 4) is 0 Å². The predicted octanol–water partition coefficient (Wildman–Crippen LogP) is 1.70. The Morgan fingerprint density at radius 3 is 2.38 bits per heavy atom. The summed E-state index contributed by atoms with van der Waals surface area (Å²) in [7, 11) is 4.33. The highest BCUT2D eigenvalue weighted by atomic mass is 15.2. The molecule has 1 fully saturated rings. The molecule has 2 N–H and O–H groups in total. The van der Waals surface area contributed by atoms with Crippen molar-refractivity contribution in [3.63, 3.8) is 0 Å². The van der Waals surface area contributed by atoms with Crippen molar-refractivity contribution in [1.82, 2.24) is 4.90 Å². The van der Waals surface area contributed by atoms with Gasteiger partial charge in [-0.25, -0.2) is 0 Å². The summed E-state index contributed by atoms with van der Waals surface area (Å²) in [5, 5.41) is 0. The van der Waals surface area contributed by atoms with Crippen LogP contribution in [0.4, 0.5) is 0 Å². The third kappa shape index (κ3) is 1.89. The fraction of sp³-hybridized carbons (Fsp3) is 1.00. The molecule has 0 aromatic rings. The first-order valence-corrected chi connectivity index (χ1v) is 5.40. The molecule has 78 valence electrons. The molecular formula is C11H24N2. The number of hydrogen-bond donors (Lipinski definition) is 1. The number of hydrogen-bond acceptors (Lipinski definition) is 2. The molecule has 0 spiro atoms. The first-order valence-electron chi connectivity index (χ1n) is 5.40. The van der Waals surface area contributed by atoms with Crippen LogP contribution in [0, 0.1) is 11.8 Å². The molecule has 1 rings (SSSR count). The van der Waals surface area contributed by atoms with Gasteiger partial charge in [-0.05, 0) is 45.2 Å². The topological polar surface area (TPSA) is 29.3 Å². The number of likely N-dealkylation sites (N-methyl/N-ethyl adjacent to an activating group) is 1. The molecule has 2 nitrogen and oxygen atoms in total. The van der Waals surface area contributed by atoms with Crippen LogP contribution in [0.15, 0.2) is 0 Å². The summed E-state index contributed by atoms with van der Waals surface area (Å²) >= 11 is 0. The van der Waals surface area contributed by atoms with E-state index in [4.69, 9.17) is 5.73 Å². The molecule has 0 amide bonds. The number of nitrogens with two attached hydrogens (primary N) is 1. The van der Waals surface area contributed by atoms with Crippen molar-refractivity contribution in [1.29, 1.82) is 0 Å². The Hall–Kier alpha value is -0.0800. The Balaban J connectivity index is 2.75. The van der Waals surface area contributed by atoms with E-state index in [1.807, 2.05) is 0 Å². The highest BCUT2D eigenvalue weighted by molar-refractivity contribution is 4.97. The van der Waals surface area contributed by atoms with Gasteiger partial charge in [0, 0.05) is 12.1 Å². The molecule has 0 aromatic carbocycles. The molecule has 0 heterocycles. The van der Waals surface area contributed by atoms with Crippen molar-refractivity contribution in [2.24, 2.45) is 17.6 Å². The molecule has 1 saturated carbocycles. The minimum atomic E-state index is 0.270. The molecule has 13 heavy (non-hydrogen) atoms. The van der Waals surface area contributed by atoms with Gasteiger partial charge in [-0.2, -0.15) is 0 Å². The van der Waals surface area contributed by atoms with Gasteiger partial charge in [0.05, 0.1) is 0 Å². The lowest BCUT2D eigenvalue weighted by atomic mass is 9.69. The van der Waals surface area contributed by atoms with Crippen LogP contribution in [-0.4, -0.2) is 31.1 Å². The molecule has 0 aromatic heterocycles. The minimum Gasteiger partial charge on any atom is -0.329 e. The monoisotopic (exact) mass is 184 g/mol. The predicted molar refractivity (Wildman–Crippen MR) is 57.7 cm³/mol. The lowest BCUT2D eigenvalue weighted by Crippen LogP contribution is -2.57. The fourth-order valence-corrected chi connectivity index (χ4v) is 2.83. The van der Waals surface area contributed by atoms with E-state index in [1.165, 1.54) is 19.3 Å². The van der Waals surface area contributed by atoms with Crippen molar-refractivity contribution in [3.05, 3.63) is 0 Å². The average molecular weight is 184 g/mol. The quantitative estimate of drug-likeness (QED) is 0.708. The Kier molecular flexibility index (Phi) is 3.36. The van der Waals surface area contributed by atoms with Gasteiger partial charge in [0.25, 0.3) is 0 Å². The molecule has 1 aliphatic carbocycles. The zero-order valence-corrected chi connectivity index (χ0v) is 9.51. The van der Waals surface area contributed by atoms with E-state index in [0.717, 1.165) is 18.4 Å². The smallest absolute Gasteiger partial charge is 0.0351 e. The van der Waals surface area contributed by atoms with Gasteiger partial charge in [0.2, 0.25) is 0 Å². The average Bonchev–Trinajstić information content (AvgIpc) is 2.04. The van der Waals surface area contributed by atoms with Gasteiger partial charge in [-0.1, -0.05) is 13.8 Å². The summed E-state index contributed by atoms with van der Waals surface area (Å²) in [6, 6.07) is 0. The molecule has 0 bridgehead atoms. The van der Waals surface area contributed by atoms with Crippen LogP contribution in [0.3, 0.4) is 0 Å². The van der Waals surface area contributed by atoms with E-state index >= 15 is 0 Å². The van der Waals surface area contributed by atoms with Gasteiger partial charge in [0.15, 0.2) is 0 Å².